The summed E-state index contributed by atoms with van der Waals surface area (Å²) in [5, 5.41) is 0. The van der Waals surface area contributed by atoms with E-state index in [-0.39, 0.29) is 11.8 Å². The molecule has 154 valence electrons. The van der Waals surface area contributed by atoms with Crippen molar-refractivity contribution in [1.82, 2.24) is 9.80 Å². The Morgan fingerprint density at radius 2 is 1.62 bits per heavy atom. The summed E-state index contributed by atoms with van der Waals surface area (Å²) >= 11 is 0. The zero-order chi connectivity index (χ0) is 21.0. The fourth-order valence-corrected chi connectivity index (χ4v) is 3.65. The molecule has 0 spiro atoms. The van der Waals surface area contributed by atoms with E-state index in [1.807, 2.05) is 18.7 Å². The summed E-state index contributed by atoms with van der Waals surface area (Å²) < 4.78 is 10.7. The van der Waals surface area contributed by atoms with Gasteiger partial charge in [0.05, 0.1) is 26.2 Å². The second-order valence-electron chi connectivity index (χ2n) is 7.32. The summed E-state index contributed by atoms with van der Waals surface area (Å²) in [7, 11) is 3.07. The number of amides is 2. The van der Waals surface area contributed by atoms with Crippen LogP contribution in [0.3, 0.4) is 0 Å². The van der Waals surface area contributed by atoms with Gasteiger partial charge >= 0.3 is 0 Å². The Morgan fingerprint density at radius 3 is 2.28 bits per heavy atom. The Labute approximate surface area is 172 Å². The number of para-hydroxylation sites is 1. The number of rotatable bonds is 5. The lowest BCUT2D eigenvalue weighted by Crippen LogP contribution is -2.51. The van der Waals surface area contributed by atoms with Crippen LogP contribution in [-0.4, -0.2) is 62.0 Å². The van der Waals surface area contributed by atoms with Crippen LogP contribution in [0.25, 0.3) is 0 Å². The maximum atomic E-state index is 13.0. The Balaban J connectivity index is 1.64. The summed E-state index contributed by atoms with van der Waals surface area (Å²) in [4.78, 5) is 29.3. The summed E-state index contributed by atoms with van der Waals surface area (Å²) in [6, 6.07) is 11.5. The molecule has 0 aliphatic carbocycles. The van der Waals surface area contributed by atoms with Crippen molar-refractivity contribution in [2.24, 2.45) is 0 Å². The van der Waals surface area contributed by atoms with Crippen LogP contribution in [-0.2, 0) is 11.2 Å². The molecular weight excluding hydrogens is 368 g/mol. The molecule has 6 nitrogen and oxygen atoms in total. The van der Waals surface area contributed by atoms with Crippen molar-refractivity contribution in [3.8, 4) is 11.5 Å². The van der Waals surface area contributed by atoms with Gasteiger partial charge < -0.3 is 19.3 Å². The van der Waals surface area contributed by atoms with E-state index in [9.17, 15) is 9.59 Å². The molecule has 0 saturated carbocycles. The van der Waals surface area contributed by atoms with Crippen LogP contribution in [0, 0.1) is 13.8 Å². The van der Waals surface area contributed by atoms with Crippen LogP contribution in [0.1, 0.15) is 27.0 Å². The van der Waals surface area contributed by atoms with Gasteiger partial charge in [-0.3, -0.25) is 9.59 Å². The van der Waals surface area contributed by atoms with Gasteiger partial charge in [-0.05, 0) is 37.1 Å². The molecule has 1 heterocycles. The predicted molar refractivity (Wildman–Crippen MR) is 112 cm³/mol. The molecule has 6 heteroatoms. The molecule has 29 heavy (non-hydrogen) atoms. The maximum absolute atomic E-state index is 13.0. The highest BCUT2D eigenvalue weighted by atomic mass is 16.5. The highest BCUT2D eigenvalue weighted by molar-refractivity contribution is 5.98. The van der Waals surface area contributed by atoms with E-state index in [0.717, 1.165) is 16.7 Å². The number of carbonyl (C=O) groups is 2. The fraction of sp³-hybridized carbons (Fsp3) is 0.391. The Bertz CT molecular complexity index is 902. The van der Waals surface area contributed by atoms with E-state index in [0.29, 0.717) is 49.7 Å². The minimum atomic E-state index is -0.109. The summed E-state index contributed by atoms with van der Waals surface area (Å²) in [6.45, 7) is 6.11. The van der Waals surface area contributed by atoms with Gasteiger partial charge in [0, 0.05) is 26.2 Å². The van der Waals surface area contributed by atoms with Gasteiger partial charge in [0.1, 0.15) is 0 Å². The lowest BCUT2D eigenvalue weighted by Gasteiger charge is -2.35. The highest BCUT2D eigenvalue weighted by Crippen LogP contribution is 2.31. The number of methoxy groups -OCH3 is 2. The largest absolute Gasteiger partial charge is 0.493 e. The minimum Gasteiger partial charge on any atom is -0.493 e. The van der Waals surface area contributed by atoms with Gasteiger partial charge in [0.2, 0.25) is 5.91 Å². The van der Waals surface area contributed by atoms with E-state index in [1.54, 1.807) is 30.2 Å². The van der Waals surface area contributed by atoms with Gasteiger partial charge in [-0.2, -0.15) is 0 Å². The highest BCUT2D eigenvalue weighted by Gasteiger charge is 2.27. The topological polar surface area (TPSA) is 59.1 Å². The minimum absolute atomic E-state index is 0.102. The van der Waals surface area contributed by atoms with E-state index < -0.39 is 0 Å². The second kappa shape index (κ2) is 8.99. The van der Waals surface area contributed by atoms with Crippen LogP contribution < -0.4 is 9.47 Å². The van der Waals surface area contributed by atoms with E-state index in [1.165, 1.54) is 7.11 Å². The number of carbonyl (C=O) groups excluding carboxylic acids is 2. The zero-order valence-corrected chi connectivity index (χ0v) is 17.5. The quantitative estimate of drug-likeness (QED) is 0.780. The third-order valence-corrected chi connectivity index (χ3v) is 5.40. The monoisotopic (exact) mass is 396 g/mol. The van der Waals surface area contributed by atoms with Crippen molar-refractivity contribution in [2.45, 2.75) is 20.3 Å². The molecule has 1 saturated heterocycles. The molecular formula is C23H28N2O4. The van der Waals surface area contributed by atoms with Gasteiger partial charge in [-0.15, -0.1) is 0 Å². The van der Waals surface area contributed by atoms with E-state index >= 15 is 0 Å². The number of ether oxygens (including phenoxy) is 2. The van der Waals surface area contributed by atoms with E-state index in [4.69, 9.17) is 9.47 Å². The summed E-state index contributed by atoms with van der Waals surface area (Å²) in [5.74, 6) is 0.959. The molecule has 0 bridgehead atoms. The first-order valence-corrected chi connectivity index (χ1v) is 9.78. The normalized spacial score (nSPS) is 13.9. The molecule has 0 radical (unpaired) electrons. The molecule has 2 amide bonds. The first-order chi connectivity index (χ1) is 13.9. The Kier molecular flexibility index (Phi) is 6.42. The Hall–Kier alpha value is -3.02. The molecule has 1 aliphatic heterocycles. The summed E-state index contributed by atoms with van der Waals surface area (Å²) in [6.07, 6.45) is 0.394. The van der Waals surface area contributed by atoms with Gasteiger partial charge in [-0.25, -0.2) is 0 Å². The van der Waals surface area contributed by atoms with Crippen LogP contribution in [0.15, 0.2) is 36.4 Å². The average Bonchev–Trinajstić information content (AvgIpc) is 2.75. The Morgan fingerprint density at radius 1 is 0.931 bits per heavy atom. The van der Waals surface area contributed by atoms with Crippen LogP contribution >= 0.6 is 0 Å². The molecule has 2 aromatic carbocycles. The van der Waals surface area contributed by atoms with Crippen molar-refractivity contribution >= 4 is 11.8 Å². The third-order valence-electron chi connectivity index (χ3n) is 5.40. The number of aryl methyl sites for hydroxylation is 2. The lowest BCUT2D eigenvalue weighted by molar-refractivity contribution is -0.131. The SMILES string of the molecule is COc1cccc(C(=O)N2CCN(C(=O)Cc3cc(C)ccc3C)CC2)c1OC. The zero-order valence-electron chi connectivity index (χ0n) is 17.5. The molecule has 3 rings (SSSR count). The number of hydrogen-bond donors (Lipinski definition) is 0. The van der Waals surface area contributed by atoms with Crippen LogP contribution in [0.5, 0.6) is 11.5 Å². The number of nitrogens with zero attached hydrogens (tertiary/aromatic N) is 2. The molecule has 0 N–H and O–H groups in total. The van der Waals surface area contributed by atoms with Gasteiger partial charge in [0.15, 0.2) is 11.5 Å². The number of piperazine rings is 1. The van der Waals surface area contributed by atoms with Crippen molar-refractivity contribution < 1.29 is 19.1 Å². The number of benzene rings is 2. The maximum Gasteiger partial charge on any atom is 0.257 e. The molecule has 2 aromatic rings. The van der Waals surface area contributed by atoms with Crippen LogP contribution in [0.4, 0.5) is 0 Å². The van der Waals surface area contributed by atoms with Crippen molar-refractivity contribution in [1.29, 1.82) is 0 Å². The smallest absolute Gasteiger partial charge is 0.257 e. The second-order valence-corrected chi connectivity index (χ2v) is 7.32. The van der Waals surface area contributed by atoms with Crippen molar-refractivity contribution in [2.75, 3.05) is 40.4 Å². The molecule has 0 unspecified atom stereocenters. The lowest BCUT2D eigenvalue weighted by atomic mass is 10.0. The van der Waals surface area contributed by atoms with Gasteiger partial charge in [0.25, 0.3) is 5.91 Å². The fourth-order valence-electron chi connectivity index (χ4n) is 3.65. The predicted octanol–water partition coefficient (Wildman–Crippen LogP) is 2.85. The third kappa shape index (κ3) is 4.53. The van der Waals surface area contributed by atoms with Gasteiger partial charge in [-0.1, -0.05) is 29.8 Å². The molecule has 0 atom stereocenters. The first kappa shape index (κ1) is 20.7. The van der Waals surface area contributed by atoms with Crippen molar-refractivity contribution in [3.63, 3.8) is 0 Å². The van der Waals surface area contributed by atoms with Crippen molar-refractivity contribution in [3.05, 3.63) is 58.7 Å². The molecule has 0 aromatic heterocycles. The molecule has 1 aliphatic rings. The molecule has 1 fully saturated rings. The van der Waals surface area contributed by atoms with Crippen LogP contribution in [0.2, 0.25) is 0 Å². The standard InChI is InChI=1S/C23H28N2O4/c1-16-8-9-17(2)18(14-16)15-21(26)24-10-12-25(13-11-24)23(27)19-6-5-7-20(28-3)22(19)29-4/h5-9,14H,10-13,15H2,1-4H3. The average molecular weight is 396 g/mol. The van der Waals surface area contributed by atoms with E-state index in [2.05, 4.69) is 18.2 Å². The number of hydrogen-bond acceptors (Lipinski definition) is 4. The first-order valence-electron chi connectivity index (χ1n) is 9.78. The summed E-state index contributed by atoms with van der Waals surface area (Å²) in [5.41, 5.74) is 3.82.